The molecule has 6 rings (SSSR count). The van der Waals surface area contributed by atoms with E-state index in [0.717, 1.165) is 38.5 Å². The van der Waals surface area contributed by atoms with Crippen LogP contribution in [0.2, 0.25) is 0 Å². The molecule has 5 aliphatic carbocycles. The molecule has 2 atom stereocenters. The van der Waals surface area contributed by atoms with Crippen LogP contribution in [0.5, 0.6) is 5.88 Å². The lowest BCUT2D eigenvalue weighted by atomic mass is 9.52. The summed E-state index contributed by atoms with van der Waals surface area (Å²) in [4.78, 5) is 26.2. The van der Waals surface area contributed by atoms with Crippen LogP contribution in [0.1, 0.15) is 109 Å². The number of nitrogens with zero attached hydrogens (tertiary/aromatic N) is 2. The van der Waals surface area contributed by atoms with Gasteiger partial charge in [0.1, 0.15) is 5.56 Å². The maximum absolute atomic E-state index is 13.5. The van der Waals surface area contributed by atoms with E-state index in [1.54, 1.807) is 17.1 Å². The monoisotopic (exact) mass is 540 g/mol. The van der Waals surface area contributed by atoms with E-state index in [2.05, 4.69) is 29.6 Å². The summed E-state index contributed by atoms with van der Waals surface area (Å²) >= 11 is 0. The second-order valence-electron chi connectivity index (χ2n) is 14.0. The minimum Gasteiger partial charge on any atom is -0.477 e. The first kappa shape index (κ1) is 28.2. The van der Waals surface area contributed by atoms with E-state index < -0.39 is 11.1 Å². The summed E-state index contributed by atoms with van der Waals surface area (Å²) in [6.07, 6.45) is 16.5. The number of hydrogen-bond acceptors (Lipinski definition) is 5. The van der Waals surface area contributed by atoms with Crippen LogP contribution in [0.15, 0.2) is 12.3 Å². The molecule has 5 fully saturated rings. The molecular formula is C31H48N4O4. The average molecular weight is 541 g/mol. The zero-order chi connectivity index (χ0) is 27.8. The van der Waals surface area contributed by atoms with Crippen LogP contribution in [0.3, 0.4) is 0 Å². The van der Waals surface area contributed by atoms with Gasteiger partial charge in [-0.3, -0.25) is 9.59 Å². The fourth-order valence-corrected chi connectivity index (χ4v) is 7.80. The molecule has 1 aromatic rings. The lowest BCUT2D eigenvalue weighted by Crippen LogP contribution is -2.61. The molecule has 8 heteroatoms. The highest BCUT2D eigenvalue weighted by Gasteiger charge is 2.55. The molecule has 0 radical (unpaired) electrons. The Hall–Kier alpha value is -2.35. The van der Waals surface area contributed by atoms with Gasteiger partial charge in [0.25, 0.3) is 5.91 Å². The van der Waals surface area contributed by atoms with Crippen LogP contribution in [-0.2, 0) is 4.79 Å². The number of hydrogen-bond donors (Lipinski definition) is 3. The molecule has 1 aromatic heterocycles. The van der Waals surface area contributed by atoms with Gasteiger partial charge in [-0.05, 0) is 88.0 Å². The fourth-order valence-electron chi connectivity index (χ4n) is 7.80. The number of ether oxygens (including phenoxy) is 1. The minimum absolute atomic E-state index is 0.0636. The Labute approximate surface area is 233 Å². The third-order valence-corrected chi connectivity index (χ3v) is 9.43. The number of aromatic nitrogens is 2. The van der Waals surface area contributed by atoms with Gasteiger partial charge in [0, 0.05) is 18.7 Å². The molecule has 5 saturated carbocycles. The maximum atomic E-state index is 13.5. The van der Waals surface area contributed by atoms with Gasteiger partial charge in [-0.1, -0.05) is 39.5 Å². The third kappa shape index (κ3) is 6.69. The Balaban J connectivity index is 1.25. The highest BCUT2D eigenvalue weighted by Crippen LogP contribution is 2.55. The second kappa shape index (κ2) is 11.3. The first-order valence-electron chi connectivity index (χ1n) is 15.2. The summed E-state index contributed by atoms with van der Waals surface area (Å²) in [5.74, 6) is 2.54. The molecule has 2 unspecified atom stereocenters. The molecule has 0 aliphatic heterocycles. The van der Waals surface area contributed by atoms with Gasteiger partial charge in [0.2, 0.25) is 11.8 Å². The van der Waals surface area contributed by atoms with Crippen molar-refractivity contribution >= 4 is 18.0 Å². The number of rotatable bonds is 11. The van der Waals surface area contributed by atoms with Crippen molar-refractivity contribution in [3.05, 3.63) is 17.8 Å². The van der Waals surface area contributed by atoms with E-state index in [-0.39, 0.29) is 23.8 Å². The van der Waals surface area contributed by atoms with E-state index in [9.17, 15) is 14.7 Å². The first-order valence-corrected chi connectivity index (χ1v) is 15.2. The zero-order valence-electron chi connectivity index (χ0n) is 24.2. The second-order valence-corrected chi connectivity index (χ2v) is 14.0. The van der Waals surface area contributed by atoms with Gasteiger partial charge in [0.05, 0.1) is 23.9 Å². The number of amides is 2. The number of carbonyl (C=O) groups excluding carboxylic acids is 2. The third-order valence-electron chi connectivity index (χ3n) is 9.43. The van der Waals surface area contributed by atoms with Crippen molar-refractivity contribution in [3.63, 3.8) is 0 Å². The zero-order valence-corrected chi connectivity index (χ0v) is 24.2. The molecule has 8 nitrogen and oxygen atoms in total. The van der Waals surface area contributed by atoms with Crippen LogP contribution in [0, 0.1) is 29.6 Å². The molecular weight excluding hydrogens is 492 g/mol. The Morgan fingerprint density at radius 3 is 2.54 bits per heavy atom. The predicted molar refractivity (Wildman–Crippen MR) is 151 cm³/mol. The molecule has 0 aromatic carbocycles. The molecule has 216 valence electrons. The fraction of sp³-hybridized carbons (Fsp3) is 0.774. The quantitative estimate of drug-likeness (QED) is 0.369. The highest BCUT2D eigenvalue weighted by atomic mass is 16.5. The average Bonchev–Trinajstić information content (AvgIpc) is 3.51. The Morgan fingerprint density at radius 1 is 1.21 bits per heavy atom. The molecule has 5 aliphatic rings. The largest absolute Gasteiger partial charge is 0.477 e. The van der Waals surface area contributed by atoms with E-state index in [4.69, 9.17) is 4.74 Å². The highest BCUT2D eigenvalue weighted by molar-refractivity contribution is 5.96. The van der Waals surface area contributed by atoms with E-state index in [1.165, 1.54) is 25.7 Å². The van der Waals surface area contributed by atoms with E-state index in [0.29, 0.717) is 48.1 Å². The SMILES string of the molecule is CC(C)COc1c(C(=O)NC2C3CC4CC2CC(O)(C4)C3)cnn1/C=C/C(C)(C)NC(=O)CCC1CCCC1. The summed E-state index contributed by atoms with van der Waals surface area (Å²) in [5.41, 5.74) is -0.680. The summed E-state index contributed by atoms with van der Waals surface area (Å²) in [5, 5.41) is 21.8. The van der Waals surface area contributed by atoms with Crippen molar-refractivity contribution < 1.29 is 19.4 Å². The van der Waals surface area contributed by atoms with E-state index >= 15 is 0 Å². The van der Waals surface area contributed by atoms with Crippen molar-refractivity contribution in [2.45, 2.75) is 116 Å². The van der Waals surface area contributed by atoms with Crippen LogP contribution >= 0.6 is 0 Å². The van der Waals surface area contributed by atoms with Crippen molar-refractivity contribution in [1.82, 2.24) is 20.4 Å². The summed E-state index contributed by atoms with van der Waals surface area (Å²) in [7, 11) is 0. The van der Waals surface area contributed by atoms with Crippen molar-refractivity contribution in [3.8, 4) is 5.88 Å². The molecule has 39 heavy (non-hydrogen) atoms. The molecule has 1 heterocycles. The normalized spacial score (nSPS) is 30.4. The summed E-state index contributed by atoms with van der Waals surface area (Å²) in [6.45, 7) is 8.52. The van der Waals surface area contributed by atoms with Gasteiger partial charge < -0.3 is 20.5 Å². The molecule has 0 spiro atoms. The van der Waals surface area contributed by atoms with Crippen molar-refractivity contribution in [1.29, 1.82) is 0 Å². The predicted octanol–water partition coefficient (Wildman–Crippen LogP) is 4.92. The van der Waals surface area contributed by atoms with Gasteiger partial charge in [-0.25, -0.2) is 4.68 Å². The van der Waals surface area contributed by atoms with Crippen LogP contribution in [-0.4, -0.2) is 50.5 Å². The maximum Gasteiger partial charge on any atom is 0.258 e. The molecule has 2 amide bonds. The standard InChI is InChI=1S/C31H48N4O4/c1-20(2)19-39-29-25(28(37)33-27-23-13-22-14-24(27)17-31(38,15-22)16-23)18-32-35(29)12-11-30(3,4)34-26(36)10-9-21-7-5-6-8-21/h11-12,18,20-24,27,38H,5-10,13-17,19H2,1-4H3,(H,33,37)(H,34,36)/b12-11+. The van der Waals surface area contributed by atoms with Gasteiger partial charge in [-0.2, -0.15) is 5.10 Å². The van der Waals surface area contributed by atoms with Gasteiger partial charge in [-0.15, -0.1) is 0 Å². The Kier molecular flexibility index (Phi) is 8.14. The topological polar surface area (TPSA) is 105 Å². The minimum atomic E-state index is -0.572. The first-order chi connectivity index (χ1) is 18.5. The summed E-state index contributed by atoms with van der Waals surface area (Å²) < 4.78 is 7.72. The Bertz CT molecular complexity index is 1050. The number of carbonyl (C=O) groups is 2. The molecule has 3 N–H and O–H groups in total. The smallest absolute Gasteiger partial charge is 0.258 e. The van der Waals surface area contributed by atoms with Gasteiger partial charge in [0.15, 0.2) is 0 Å². The number of aliphatic hydroxyl groups is 1. The Morgan fingerprint density at radius 2 is 1.90 bits per heavy atom. The van der Waals surface area contributed by atoms with Crippen molar-refractivity contribution in [2.24, 2.45) is 29.6 Å². The lowest BCUT2D eigenvalue weighted by Gasteiger charge is -2.58. The summed E-state index contributed by atoms with van der Waals surface area (Å²) in [6, 6.07) is 0.0875. The molecule has 4 bridgehead atoms. The van der Waals surface area contributed by atoms with Crippen LogP contribution in [0.25, 0.3) is 6.20 Å². The molecule has 0 saturated heterocycles. The van der Waals surface area contributed by atoms with Crippen LogP contribution in [0.4, 0.5) is 0 Å². The van der Waals surface area contributed by atoms with Crippen molar-refractivity contribution in [2.75, 3.05) is 6.61 Å². The van der Waals surface area contributed by atoms with Crippen LogP contribution < -0.4 is 15.4 Å². The lowest BCUT2D eigenvalue weighted by molar-refractivity contribution is -0.137. The number of nitrogens with one attached hydrogen (secondary N) is 2. The van der Waals surface area contributed by atoms with E-state index in [1.807, 2.05) is 19.9 Å². The van der Waals surface area contributed by atoms with Gasteiger partial charge >= 0.3 is 0 Å².